The first kappa shape index (κ1) is 32.7. The Labute approximate surface area is 296 Å². The second-order valence-electron chi connectivity index (χ2n) is 11.9. The SMILES string of the molecule is Cc1c[c-]c(-c2cc(-c3ccccc3)c(C)cn2)cc1.Cc1cccc(-c2[c-]ccc(-c3cc4ccccc4c4ccccc34)c2)n1.[Ir]. The Morgan fingerprint density at radius 2 is 1.27 bits per heavy atom. The van der Waals surface area contributed by atoms with Crippen molar-refractivity contribution < 1.29 is 20.1 Å². The minimum Gasteiger partial charge on any atom is -0.304 e. The topological polar surface area (TPSA) is 25.8 Å². The van der Waals surface area contributed by atoms with Crippen LogP contribution in [0.25, 0.3) is 66.3 Å². The van der Waals surface area contributed by atoms with Gasteiger partial charge in [-0.15, -0.1) is 70.8 Å². The van der Waals surface area contributed by atoms with Gasteiger partial charge in [0, 0.05) is 32.0 Å². The van der Waals surface area contributed by atoms with E-state index in [4.69, 9.17) is 0 Å². The van der Waals surface area contributed by atoms with Crippen LogP contribution < -0.4 is 0 Å². The summed E-state index contributed by atoms with van der Waals surface area (Å²) in [6.45, 7) is 6.18. The van der Waals surface area contributed by atoms with Gasteiger partial charge in [0.15, 0.2) is 0 Å². The van der Waals surface area contributed by atoms with E-state index in [0.29, 0.717) is 0 Å². The van der Waals surface area contributed by atoms with Crippen molar-refractivity contribution in [2.24, 2.45) is 0 Å². The number of pyridine rings is 2. The van der Waals surface area contributed by atoms with Crippen LogP contribution in [0, 0.1) is 32.9 Å². The molecule has 0 bridgehead atoms. The van der Waals surface area contributed by atoms with Gasteiger partial charge in [0.25, 0.3) is 0 Å². The van der Waals surface area contributed by atoms with E-state index >= 15 is 0 Å². The molecular weight excluding hydrogens is 761 g/mol. The van der Waals surface area contributed by atoms with Crippen LogP contribution in [0.1, 0.15) is 16.8 Å². The van der Waals surface area contributed by atoms with Gasteiger partial charge in [-0.05, 0) is 81.2 Å². The third-order valence-corrected chi connectivity index (χ3v) is 8.48. The third-order valence-electron chi connectivity index (χ3n) is 8.48. The van der Waals surface area contributed by atoms with Crippen LogP contribution in [0.5, 0.6) is 0 Å². The van der Waals surface area contributed by atoms with E-state index in [1.165, 1.54) is 54.9 Å². The van der Waals surface area contributed by atoms with E-state index in [-0.39, 0.29) is 20.1 Å². The van der Waals surface area contributed by atoms with E-state index in [9.17, 15) is 0 Å². The summed E-state index contributed by atoms with van der Waals surface area (Å²) >= 11 is 0. The Morgan fingerprint density at radius 1 is 0.521 bits per heavy atom. The van der Waals surface area contributed by atoms with Crippen molar-refractivity contribution in [1.29, 1.82) is 0 Å². The van der Waals surface area contributed by atoms with Crippen LogP contribution in [0.4, 0.5) is 0 Å². The second-order valence-corrected chi connectivity index (χ2v) is 11.9. The zero-order valence-corrected chi connectivity index (χ0v) is 29.6. The largest absolute Gasteiger partial charge is 0.304 e. The molecule has 0 aliphatic carbocycles. The Kier molecular flexibility index (Phi) is 10.0. The Hall–Kier alpha value is -5.21. The van der Waals surface area contributed by atoms with Crippen molar-refractivity contribution >= 4 is 21.5 Å². The number of hydrogen-bond acceptors (Lipinski definition) is 2. The molecular formula is C45H34IrN2-2. The minimum absolute atomic E-state index is 0. The average Bonchev–Trinajstić information content (AvgIpc) is 3.12. The average molecular weight is 795 g/mol. The van der Waals surface area contributed by atoms with Crippen molar-refractivity contribution in [3.05, 3.63) is 181 Å². The van der Waals surface area contributed by atoms with E-state index in [1.54, 1.807) is 0 Å². The molecule has 0 unspecified atom stereocenters. The maximum Gasteiger partial charge on any atom is 0.0266 e. The minimum atomic E-state index is 0. The standard InChI is InChI=1S/C26H18N.C19H16N.Ir/c1-18-8-6-15-26(27-18)21-11-7-10-19(16-21)25-17-20-9-2-3-12-22(20)23-13-4-5-14-24(23)25;1-14-8-10-17(11-9-14)19-12-18(15(2)13-20-19)16-6-4-3-5-7-16;/h2-10,12-17H,1H3;3-10,12-13H,1-2H3;/q2*-1;. The van der Waals surface area contributed by atoms with Crippen LogP contribution >= 0.6 is 0 Å². The van der Waals surface area contributed by atoms with Crippen LogP contribution in [0.2, 0.25) is 0 Å². The van der Waals surface area contributed by atoms with E-state index < -0.39 is 0 Å². The van der Waals surface area contributed by atoms with Gasteiger partial charge in [-0.2, -0.15) is 0 Å². The maximum atomic E-state index is 4.66. The summed E-state index contributed by atoms with van der Waals surface area (Å²) in [6.07, 6.45) is 1.94. The molecule has 0 spiro atoms. The summed E-state index contributed by atoms with van der Waals surface area (Å²) in [6, 6.07) is 57.3. The first-order valence-corrected chi connectivity index (χ1v) is 15.9. The summed E-state index contributed by atoms with van der Waals surface area (Å²) in [5.41, 5.74) is 12.3. The molecule has 0 saturated carbocycles. The van der Waals surface area contributed by atoms with Gasteiger partial charge >= 0.3 is 0 Å². The van der Waals surface area contributed by atoms with Crippen LogP contribution in [0.15, 0.2) is 152 Å². The number of aromatic nitrogens is 2. The summed E-state index contributed by atoms with van der Waals surface area (Å²) in [5, 5.41) is 5.10. The number of hydrogen-bond donors (Lipinski definition) is 0. The molecule has 8 aromatic rings. The fourth-order valence-corrected chi connectivity index (χ4v) is 6.03. The van der Waals surface area contributed by atoms with Gasteiger partial charge in [0.2, 0.25) is 0 Å². The molecule has 0 atom stereocenters. The second kappa shape index (κ2) is 14.7. The molecule has 0 amide bonds. The number of nitrogens with zero attached hydrogens (tertiary/aromatic N) is 2. The fourth-order valence-electron chi connectivity index (χ4n) is 6.03. The first-order chi connectivity index (χ1) is 23.0. The molecule has 0 fully saturated rings. The molecule has 2 aromatic heterocycles. The van der Waals surface area contributed by atoms with Gasteiger partial charge in [-0.1, -0.05) is 104 Å². The normalized spacial score (nSPS) is 10.6. The zero-order chi connectivity index (χ0) is 32.2. The summed E-state index contributed by atoms with van der Waals surface area (Å²) in [4.78, 5) is 9.19. The fraction of sp³-hybridized carbons (Fsp3) is 0.0667. The summed E-state index contributed by atoms with van der Waals surface area (Å²) in [7, 11) is 0. The monoisotopic (exact) mass is 795 g/mol. The molecule has 1 radical (unpaired) electrons. The van der Waals surface area contributed by atoms with Crippen LogP contribution in [-0.2, 0) is 20.1 Å². The molecule has 6 aromatic carbocycles. The van der Waals surface area contributed by atoms with E-state index in [2.05, 4.69) is 145 Å². The van der Waals surface area contributed by atoms with Crippen molar-refractivity contribution in [2.75, 3.05) is 0 Å². The number of benzene rings is 6. The molecule has 3 heteroatoms. The van der Waals surface area contributed by atoms with Gasteiger partial charge < -0.3 is 9.97 Å². The predicted molar refractivity (Wildman–Crippen MR) is 197 cm³/mol. The van der Waals surface area contributed by atoms with Gasteiger partial charge in [0.1, 0.15) is 0 Å². The van der Waals surface area contributed by atoms with E-state index in [1.807, 2.05) is 49.5 Å². The van der Waals surface area contributed by atoms with Crippen molar-refractivity contribution in [3.8, 4) is 44.8 Å². The van der Waals surface area contributed by atoms with Crippen LogP contribution in [0.3, 0.4) is 0 Å². The predicted octanol–water partition coefficient (Wildman–Crippen LogP) is 11.7. The molecule has 0 aliphatic heterocycles. The zero-order valence-electron chi connectivity index (χ0n) is 27.2. The summed E-state index contributed by atoms with van der Waals surface area (Å²) in [5.74, 6) is 0. The quantitative estimate of drug-likeness (QED) is 0.131. The third kappa shape index (κ3) is 7.04. The van der Waals surface area contributed by atoms with Gasteiger partial charge in [-0.25, -0.2) is 0 Å². The molecule has 0 aliphatic rings. The molecule has 2 nitrogen and oxygen atoms in total. The summed E-state index contributed by atoms with van der Waals surface area (Å²) < 4.78 is 0. The van der Waals surface area contributed by atoms with Crippen LogP contribution in [-0.4, -0.2) is 9.97 Å². The van der Waals surface area contributed by atoms with Crippen molar-refractivity contribution in [1.82, 2.24) is 9.97 Å². The van der Waals surface area contributed by atoms with Crippen molar-refractivity contribution in [3.63, 3.8) is 0 Å². The maximum absolute atomic E-state index is 4.66. The Balaban J connectivity index is 0.000000171. The Morgan fingerprint density at radius 3 is 2.04 bits per heavy atom. The Bertz CT molecular complexity index is 2330. The molecule has 0 N–H and O–H groups in total. The molecule has 2 heterocycles. The van der Waals surface area contributed by atoms with E-state index in [0.717, 1.165) is 28.2 Å². The van der Waals surface area contributed by atoms with Crippen molar-refractivity contribution in [2.45, 2.75) is 20.8 Å². The molecule has 48 heavy (non-hydrogen) atoms. The first-order valence-electron chi connectivity index (χ1n) is 15.9. The van der Waals surface area contributed by atoms with Gasteiger partial charge in [0.05, 0.1) is 0 Å². The number of aryl methyl sites for hydroxylation is 3. The van der Waals surface area contributed by atoms with Gasteiger partial charge in [-0.3, -0.25) is 0 Å². The molecule has 8 rings (SSSR count). The number of rotatable bonds is 4. The smallest absolute Gasteiger partial charge is 0.0266 e. The molecule has 0 saturated heterocycles. The molecule has 235 valence electrons. The number of fused-ring (bicyclic) bond motifs is 3.